The summed E-state index contributed by atoms with van der Waals surface area (Å²) in [4.78, 5) is 12.2. The average molecular weight is 350 g/mol. The Morgan fingerprint density at radius 3 is 2.62 bits per heavy atom. The van der Waals surface area contributed by atoms with E-state index in [2.05, 4.69) is 21.2 Å². The molecule has 4 nitrogen and oxygen atoms in total. The van der Waals surface area contributed by atoms with E-state index in [0.717, 1.165) is 10.0 Å². The zero-order chi connectivity index (χ0) is 15.2. The minimum Gasteiger partial charge on any atom is -0.497 e. The summed E-state index contributed by atoms with van der Waals surface area (Å²) >= 11 is 3.41. The molecule has 0 atom stereocenters. The van der Waals surface area contributed by atoms with E-state index in [4.69, 9.17) is 9.47 Å². The lowest BCUT2D eigenvalue weighted by Crippen LogP contribution is -2.23. The Kier molecular flexibility index (Phi) is 5.22. The lowest BCUT2D eigenvalue weighted by atomic mass is 10.1. The molecule has 0 aliphatic rings. The largest absolute Gasteiger partial charge is 0.497 e. The molecule has 0 aliphatic carbocycles. The van der Waals surface area contributed by atoms with E-state index >= 15 is 0 Å². The van der Waals surface area contributed by atoms with E-state index in [0.29, 0.717) is 23.6 Å². The van der Waals surface area contributed by atoms with Crippen LogP contribution in [-0.4, -0.2) is 20.1 Å². The number of amides is 1. The fourth-order valence-electron chi connectivity index (χ4n) is 1.91. The monoisotopic (exact) mass is 349 g/mol. The normalized spacial score (nSPS) is 10.0. The summed E-state index contributed by atoms with van der Waals surface area (Å²) in [5.74, 6) is 0.950. The van der Waals surface area contributed by atoms with Gasteiger partial charge in [-0.1, -0.05) is 28.1 Å². The molecule has 2 aromatic carbocycles. The van der Waals surface area contributed by atoms with Crippen LogP contribution in [0.4, 0.5) is 0 Å². The van der Waals surface area contributed by atoms with E-state index in [1.54, 1.807) is 25.3 Å². The van der Waals surface area contributed by atoms with Crippen molar-refractivity contribution >= 4 is 21.8 Å². The van der Waals surface area contributed by atoms with Gasteiger partial charge in [0.1, 0.15) is 11.5 Å². The molecule has 0 unspecified atom stereocenters. The predicted molar refractivity (Wildman–Crippen MR) is 84.9 cm³/mol. The van der Waals surface area contributed by atoms with Crippen LogP contribution in [0.15, 0.2) is 46.9 Å². The van der Waals surface area contributed by atoms with Crippen molar-refractivity contribution in [3.05, 3.63) is 58.1 Å². The third-order valence-corrected chi connectivity index (χ3v) is 3.49. The van der Waals surface area contributed by atoms with Crippen molar-refractivity contribution in [1.82, 2.24) is 5.32 Å². The van der Waals surface area contributed by atoms with Crippen LogP contribution in [0.1, 0.15) is 15.9 Å². The Hall–Kier alpha value is -2.01. The van der Waals surface area contributed by atoms with Gasteiger partial charge < -0.3 is 14.8 Å². The number of hydrogen-bond donors (Lipinski definition) is 1. The molecule has 0 aliphatic heterocycles. The smallest absolute Gasteiger partial charge is 0.255 e. The molecule has 1 N–H and O–H groups in total. The van der Waals surface area contributed by atoms with Crippen molar-refractivity contribution in [2.45, 2.75) is 6.54 Å². The number of hydrogen-bond acceptors (Lipinski definition) is 3. The van der Waals surface area contributed by atoms with Gasteiger partial charge in [-0.2, -0.15) is 0 Å². The molecular weight excluding hydrogens is 334 g/mol. The minimum absolute atomic E-state index is 0.186. The highest BCUT2D eigenvalue weighted by atomic mass is 79.9. The second kappa shape index (κ2) is 7.13. The Labute approximate surface area is 132 Å². The summed E-state index contributed by atoms with van der Waals surface area (Å²) in [6.45, 7) is 0.452. The summed E-state index contributed by atoms with van der Waals surface area (Å²) in [6, 6.07) is 12.9. The number of halogens is 1. The number of carbonyl (C=O) groups excluding carboxylic acids is 1. The summed E-state index contributed by atoms with van der Waals surface area (Å²) in [7, 11) is 3.10. The number of rotatable bonds is 5. The van der Waals surface area contributed by atoms with Gasteiger partial charge in [-0.3, -0.25) is 4.79 Å². The number of carbonyl (C=O) groups is 1. The van der Waals surface area contributed by atoms with Crippen molar-refractivity contribution in [2.75, 3.05) is 14.2 Å². The van der Waals surface area contributed by atoms with Gasteiger partial charge in [0.2, 0.25) is 0 Å². The molecule has 5 heteroatoms. The summed E-state index contributed by atoms with van der Waals surface area (Å²) < 4.78 is 11.3. The van der Waals surface area contributed by atoms with E-state index in [1.807, 2.05) is 24.3 Å². The van der Waals surface area contributed by atoms with Crippen molar-refractivity contribution in [3.8, 4) is 11.5 Å². The van der Waals surface area contributed by atoms with Gasteiger partial charge in [0.05, 0.1) is 19.8 Å². The topological polar surface area (TPSA) is 47.6 Å². The summed E-state index contributed by atoms with van der Waals surface area (Å²) in [6.07, 6.45) is 0. The first-order valence-corrected chi connectivity index (χ1v) is 7.18. The molecule has 0 heterocycles. The van der Waals surface area contributed by atoms with Crippen LogP contribution in [0.5, 0.6) is 11.5 Å². The lowest BCUT2D eigenvalue weighted by Gasteiger charge is -2.11. The van der Waals surface area contributed by atoms with Crippen molar-refractivity contribution < 1.29 is 14.3 Å². The van der Waals surface area contributed by atoms with Crippen LogP contribution in [0, 0.1) is 0 Å². The van der Waals surface area contributed by atoms with Crippen LogP contribution in [0.2, 0.25) is 0 Å². The highest BCUT2D eigenvalue weighted by Gasteiger charge is 2.13. The zero-order valence-electron chi connectivity index (χ0n) is 11.9. The quantitative estimate of drug-likeness (QED) is 0.899. The third-order valence-electron chi connectivity index (χ3n) is 3.00. The van der Waals surface area contributed by atoms with Crippen LogP contribution >= 0.6 is 15.9 Å². The molecule has 1 amide bonds. The molecule has 0 radical (unpaired) electrons. The highest BCUT2D eigenvalue weighted by molar-refractivity contribution is 9.10. The SMILES string of the molecule is COc1ccc(C(=O)NCc2cccc(Br)c2)c(OC)c1. The van der Waals surface area contributed by atoms with Gasteiger partial charge in [-0.15, -0.1) is 0 Å². The molecular formula is C16H16BrNO3. The Balaban J connectivity index is 2.10. The van der Waals surface area contributed by atoms with Crippen LogP contribution in [0.25, 0.3) is 0 Å². The number of ether oxygens (including phenoxy) is 2. The first-order valence-electron chi connectivity index (χ1n) is 6.38. The number of methoxy groups -OCH3 is 2. The lowest BCUT2D eigenvalue weighted by molar-refractivity contribution is 0.0948. The van der Waals surface area contributed by atoms with Gasteiger partial charge in [-0.25, -0.2) is 0 Å². The Morgan fingerprint density at radius 1 is 1.14 bits per heavy atom. The average Bonchev–Trinajstić information content (AvgIpc) is 2.52. The van der Waals surface area contributed by atoms with Gasteiger partial charge in [-0.05, 0) is 29.8 Å². The van der Waals surface area contributed by atoms with Crippen molar-refractivity contribution in [3.63, 3.8) is 0 Å². The van der Waals surface area contributed by atoms with E-state index in [9.17, 15) is 4.79 Å². The second-order valence-corrected chi connectivity index (χ2v) is 5.29. The van der Waals surface area contributed by atoms with Crippen LogP contribution in [-0.2, 0) is 6.54 Å². The standard InChI is InChI=1S/C16H16BrNO3/c1-20-13-6-7-14(15(9-13)21-2)16(19)18-10-11-4-3-5-12(17)8-11/h3-9H,10H2,1-2H3,(H,18,19). The van der Waals surface area contributed by atoms with E-state index in [1.165, 1.54) is 7.11 Å². The zero-order valence-corrected chi connectivity index (χ0v) is 13.4. The van der Waals surface area contributed by atoms with E-state index < -0.39 is 0 Å². The maximum Gasteiger partial charge on any atom is 0.255 e. The van der Waals surface area contributed by atoms with Crippen molar-refractivity contribution in [1.29, 1.82) is 0 Å². The number of benzene rings is 2. The Bertz CT molecular complexity index is 643. The first kappa shape index (κ1) is 15.4. The van der Waals surface area contributed by atoms with Crippen LogP contribution < -0.4 is 14.8 Å². The maximum atomic E-state index is 12.2. The van der Waals surface area contributed by atoms with E-state index in [-0.39, 0.29) is 5.91 Å². The molecule has 0 saturated heterocycles. The molecule has 0 fully saturated rings. The maximum absolute atomic E-state index is 12.2. The molecule has 110 valence electrons. The first-order chi connectivity index (χ1) is 10.1. The second-order valence-electron chi connectivity index (χ2n) is 4.38. The predicted octanol–water partition coefficient (Wildman–Crippen LogP) is 3.40. The highest BCUT2D eigenvalue weighted by Crippen LogP contribution is 2.24. The number of nitrogens with one attached hydrogen (secondary N) is 1. The van der Waals surface area contributed by atoms with Gasteiger partial charge >= 0.3 is 0 Å². The molecule has 0 aromatic heterocycles. The molecule has 0 spiro atoms. The molecule has 2 rings (SSSR count). The fraction of sp³-hybridized carbons (Fsp3) is 0.188. The van der Waals surface area contributed by atoms with Gasteiger partial charge in [0.15, 0.2) is 0 Å². The summed E-state index contributed by atoms with van der Waals surface area (Å²) in [5, 5.41) is 2.87. The molecule has 0 saturated carbocycles. The molecule has 2 aromatic rings. The van der Waals surface area contributed by atoms with Gasteiger partial charge in [0.25, 0.3) is 5.91 Å². The van der Waals surface area contributed by atoms with Gasteiger partial charge in [0, 0.05) is 17.1 Å². The van der Waals surface area contributed by atoms with Crippen LogP contribution in [0.3, 0.4) is 0 Å². The molecule has 21 heavy (non-hydrogen) atoms. The molecule has 0 bridgehead atoms. The minimum atomic E-state index is -0.186. The Morgan fingerprint density at radius 2 is 1.95 bits per heavy atom. The fourth-order valence-corrected chi connectivity index (χ4v) is 2.36. The van der Waals surface area contributed by atoms with Crippen molar-refractivity contribution in [2.24, 2.45) is 0 Å². The third kappa shape index (κ3) is 3.98. The summed E-state index contributed by atoms with van der Waals surface area (Å²) in [5.41, 5.74) is 1.50.